The third kappa shape index (κ3) is 4.21. The smallest absolute Gasteiger partial charge is 0.267 e. The molecule has 0 aliphatic rings. The Hall–Kier alpha value is -1.71. The lowest BCUT2D eigenvalue weighted by Crippen LogP contribution is -2.19. The van der Waals surface area contributed by atoms with E-state index in [-0.39, 0.29) is 5.91 Å². The molecule has 0 aliphatic heterocycles. The lowest BCUT2D eigenvalue weighted by atomic mass is 10.1. The van der Waals surface area contributed by atoms with Gasteiger partial charge in [0.1, 0.15) is 0 Å². The molecule has 0 radical (unpaired) electrons. The minimum absolute atomic E-state index is 0.203. The van der Waals surface area contributed by atoms with Crippen LogP contribution in [0.1, 0.15) is 37.6 Å². The van der Waals surface area contributed by atoms with E-state index in [1.165, 1.54) is 0 Å². The first-order valence-electron chi connectivity index (χ1n) is 5.33. The lowest BCUT2D eigenvalue weighted by Gasteiger charge is -2.04. The largest absolute Gasteiger partial charge is 0.271 e. The summed E-state index contributed by atoms with van der Waals surface area (Å²) in [4.78, 5) is 15.4. The topological polar surface area (TPSA) is 54.4 Å². The first kappa shape index (κ1) is 12.4. The van der Waals surface area contributed by atoms with Crippen molar-refractivity contribution >= 4 is 11.6 Å². The lowest BCUT2D eigenvalue weighted by molar-refractivity contribution is 0.0954. The highest BCUT2D eigenvalue weighted by Gasteiger charge is 2.03. The molecule has 0 fully saturated rings. The van der Waals surface area contributed by atoms with E-state index in [4.69, 9.17) is 0 Å². The number of hydrazone groups is 1. The van der Waals surface area contributed by atoms with Crippen LogP contribution in [0, 0.1) is 5.92 Å². The van der Waals surface area contributed by atoms with Crippen LogP contribution in [0.25, 0.3) is 0 Å². The van der Waals surface area contributed by atoms with Crippen LogP contribution in [-0.2, 0) is 0 Å². The van der Waals surface area contributed by atoms with Crippen molar-refractivity contribution in [2.45, 2.75) is 27.2 Å². The second kappa shape index (κ2) is 6.00. The predicted octanol–water partition coefficient (Wildman–Crippen LogP) is 2.23. The summed E-state index contributed by atoms with van der Waals surface area (Å²) >= 11 is 0. The van der Waals surface area contributed by atoms with Crippen molar-refractivity contribution < 1.29 is 4.79 Å². The van der Waals surface area contributed by atoms with Crippen LogP contribution in [0.4, 0.5) is 0 Å². The summed E-state index contributed by atoms with van der Waals surface area (Å²) in [6.45, 7) is 6.14. The summed E-state index contributed by atoms with van der Waals surface area (Å²) in [5, 5.41) is 4.04. The average molecular weight is 219 g/mol. The Labute approximate surface area is 95.8 Å². The fourth-order valence-electron chi connectivity index (χ4n) is 1.35. The van der Waals surface area contributed by atoms with E-state index in [1.54, 1.807) is 24.5 Å². The van der Waals surface area contributed by atoms with Crippen LogP contribution in [0.3, 0.4) is 0 Å². The van der Waals surface area contributed by atoms with Crippen molar-refractivity contribution in [2.75, 3.05) is 0 Å². The van der Waals surface area contributed by atoms with E-state index in [2.05, 4.69) is 29.4 Å². The number of hydrogen-bond donors (Lipinski definition) is 1. The van der Waals surface area contributed by atoms with E-state index in [0.717, 1.165) is 12.1 Å². The number of amides is 1. The van der Waals surface area contributed by atoms with Gasteiger partial charge in [-0.2, -0.15) is 5.10 Å². The molecule has 0 unspecified atom stereocenters. The Bertz CT molecular complexity index is 371. The van der Waals surface area contributed by atoms with Gasteiger partial charge in [0.2, 0.25) is 0 Å². The van der Waals surface area contributed by atoms with Crippen LogP contribution >= 0.6 is 0 Å². The predicted molar refractivity (Wildman–Crippen MR) is 64.3 cm³/mol. The molecular weight excluding hydrogens is 202 g/mol. The number of carbonyl (C=O) groups excluding carboxylic acids is 1. The first-order valence-corrected chi connectivity index (χ1v) is 5.33. The molecule has 1 N–H and O–H groups in total. The van der Waals surface area contributed by atoms with Gasteiger partial charge in [0.05, 0.1) is 0 Å². The molecule has 86 valence electrons. The Morgan fingerprint density at radius 3 is 2.62 bits per heavy atom. The molecule has 1 aromatic rings. The van der Waals surface area contributed by atoms with Gasteiger partial charge in [-0.25, -0.2) is 5.43 Å². The summed E-state index contributed by atoms with van der Waals surface area (Å²) in [6, 6.07) is 3.31. The average Bonchev–Trinajstić information content (AvgIpc) is 2.26. The Morgan fingerprint density at radius 1 is 1.44 bits per heavy atom. The van der Waals surface area contributed by atoms with E-state index in [1.807, 2.05) is 6.92 Å². The van der Waals surface area contributed by atoms with Crippen molar-refractivity contribution in [1.82, 2.24) is 10.4 Å². The van der Waals surface area contributed by atoms with Crippen LogP contribution in [0.15, 0.2) is 29.6 Å². The summed E-state index contributed by atoms with van der Waals surface area (Å²) in [5.41, 5.74) is 4.02. The maximum atomic E-state index is 11.6. The zero-order chi connectivity index (χ0) is 12.0. The molecule has 1 aromatic heterocycles. The standard InChI is InChI=1S/C12H17N3O/c1-9(2)8-10(3)14-15-12(16)11-4-6-13-7-5-11/h4-7,9H,8H2,1-3H3,(H,15,16). The maximum Gasteiger partial charge on any atom is 0.271 e. The molecule has 0 atom stereocenters. The molecule has 0 aromatic carbocycles. The molecule has 0 aliphatic carbocycles. The summed E-state index contributed by atoms with van der Waals surface area (Å²) in [6.07, 6.45) is 4.05. The number of nitrogens with one attached hydrogen (secondary N) is 1. The third-order valence-electron chi connectivity index (χ3n) is 1.99. The second-order valence-corrected chi connectivity index (χ2v) is 4.12. The van der Waals surface area contributed by atoms with Crippen molar-refractivity contribution in [3.63, 3.8) is 0 Å². The number of pyridine rings is 1. The highest BCUT2D eigenvalue weighted by atomic mass is 16.2. The van der Waals surface area contributed by atoms with Gasteiger partial charge in [-0.15, -0.1) is 0 Å². The molecule has 1 heterocycles. The van der Waals surface area contributed by atoms with Crippen LogP contribution in [0.2, 0.25) is 0 Å². The Kier molecular flexibility index (Phi) is 4.64. The van der Waals surface area contributed by atoms with Gasteiger partial charge in [-0.1, -0.05) is 13.8 Å². The van der Waals surface area contributed by atoms with Gasteiger partial charge in [0.25, 0.3) is 5.91 Å². The second-order valence-electron chi connectivity index (χ2n) is 4.12. The summed E-state index contributed by atoms with van der Waals surface area (Å²) < 4.78 is 0. The van der Waals surface area contributed by atoms with Gasteiger partial charge in [0, 0.05) is 23.7 Å². The van der Waals surface area contributed by atoms with Gasteiger partial charge >= 0.3 is 0 Å². The molecular formula is C12H17N3O. The van der Waals surface area contributed by atoms with Gasteiger partial charge < -0.3 is 0 Å². The third-order valence-corrected chi connectivity index (χ3v) is 1.99. The zero-order valence-corrected chi connectivity index (χ0v) is 9.90. The minimum Gasteiger partial charge on any atom is -0.267 e. The van der Waals surface area contributed by atoms with Gasteiger partial charge in [-0.05, 0) is 31.4 Å². The van der Waals surface area contributed by atoms with Crippen LogP contribution in [0.5, 0.6) is 0 Å². The quantitative estimate of drug-likeness (QED) is 0.623. The first-order chi connectivity index (χ1) is 7.59. The van der Waals surface area contributed by atoms with E-state index >= 15 is 0 Å². The van der Waals surface area contributed by atoms with Crippen molar-refractivity contribution in [3.05, 3.63) is 30.1 Å². The zero-order valence-electron chi connectivity index (χ0n) is 9.90. The van der Waals surface area contributed by atoms with Crippen LogP contribution in [-0.4, -0.2) is 16.6 Å². The molecule has 0 saturated heterocycles. The molecule has 1 amide bonds. The molecule has 4 nitrogen and oxygen atoms in total. The van der Waals surface area contributed by atoms with Gasteiger partial charge in [0.15, 0.2) is 0 Å². The SMILES string of the molecule is CC(CC(C)C)=NNC(=O)c1ccncc1. The molecule has 0 spiro atoms. The van der Waals surface area contributed by atoms with E-state index in [9.17, 15) is 4.79 Å². The molecule has 0 bridgehead atoms. The monoisotopic (exact) mass is 219 g/mol. The Balaban J connectivity index is 2.53. The molecule has 4 heteroatoms. The minimum atomic E-state index is -0.203. The number of nitrogens with zero attached hydrogens (tertiary/aromatic N) is 2. The fraction of sp³-hybridized carbons (Fsp3) is 0.417. The molecule has 16 heavy (non-hydrogen) atoms. The van der Waals surface area contributed by atoms with Gasteiger partial charge in [-0.3, -0.25) is 9.78 Å². The summed E-state index contributed by atoms with van der Waals surface area (Å²) in [7, 11) is 0. The van der Waals surface area contributed by atoms with E-state index in [0.29, 0.717) is 11.5 Å². The highest BCUT2D eigenvalue weighted by molar-refractivity contribution is 5.95. The number of carbonyl (C=O) groups is 1. The van der Waals surface area contributed by atoms with Crippen molar-refractivity contribution in [2.24, 2.45) is 11.0 Å². The fourth-order valence-corrected chi connectivity index (χ4v) is 1.35. The number of rotatable bonds is 4. The van der Waals surface area contributed by atoms with E-state index < -0.39 is 0 Å². The normalized spacial score (nSPS) is 11.6. The number of hydrogen-bond acceptors (Lipinski definition) is 3. The molecule has 0 saturated carbocycles. The highest BCUT2D eigenvalue weighted by Crippen LogP contribution is 2.01. The van der Waals surface area contributed by atoms with Crippen molar-refractivity contribution in [3.8, 4) is 0 Å². The maximum absolute atomic E-state index is 11.6. The molecule has 1 rings (SSSR count). The Morgan fingerprint density at radius 2 is 2.06 bits per heavy atom. The van der Waals surface area contributed by atoms with Crippen LogP contribution < -0.4 is 5.43 Å². The number of aromatic nitrogens is 1. The summed E-state index contributed by atoms with van der Waals surface area (Å²) in [5.74, 6) is 0.340. The van der Waals surface area contributed by atoms with Crippen molar-refractivity contribution in [1.29, 1.82) is 0 Å².